The molecule has 0 aliphatic carbocycles. The fraction of sp³-hybridized carbons (Fsp3) is 0.444. The van der Waals surface area contributed by atoms with Crippen molar-refractivity contribution in [1.82, 2.24) is 19.7 Å². The van der Waals surface area contributed by atoms with Gasteiger partial charge in [0.15, 0.2) is 5.65 Å². The van der Waals surface area contributed by atoms with Gasteiger partial charge in [0, 0.05) is 19.3 Å². The van der Waals surface area contributed by atoms with Gasteiger partial charge in [0.05, 0.1) is 5.39 Å². The molecule has 2 rings (SSSR count). The maximum Gasteiger partial charge on any atom is 0.224 e. The first kappa shape index (κ1) is 10.4. The summed E-state index contributed by atoms with van der Waals surface area (Å²) in [6, 6.07) is 0. The van der Waals surface area contributed by atoms with Crippen LogP contribution < -0.4 is 5.32 Å². The Balaban J connectivity index is 2.58. The van der Waals surface area contributed by atoms with E-state index in [9.17, 15) is 0 Å². The van der Waals surface area contributed by atoms with Gasteiger partial charge in [-0.15, -0.1) is 0 Å². The van der Waals surface area contributed by atoms with E-state index in [2.05, 4.69) is 36.3 Å². The lowest BCUT2D eigenvalue weighted by atomic mass is 10.4. The minimum absolute atomic E-state index is 0.645. The van der Waals surface area contributed by atoms with E-state index in [1.165, 1.54) is 0 Å². The first-order chi connectivity index (χ1) is 7.26. The quantitative estimate of drug-likeness (QED) is 0.927. The third-order valence-electron chi connectivity index (χ3n) is 2.08. The van der Waals surface area contributed by atoms with Crippen molar-refractivity contribution < 1.29 is 0 Å². The number of hydrogen-bond donors (Lipinski definition) is 1. The van der Waals surface area contributed by atoms with Gasteiger partial charge in [0.2, 0.25) is 5.95 Å². The molecule has 6 heteroatoms. The summed E-state index contributed by atoms with van der Waals surface area (Å²) >= 11 is 3.39. The Morgan fingerprint density at radius 2 is 2.27 bits per heavy atom. The van der Waals surface area contributed by atoms with Crippen molar-refractivity contribution in [3.8, 4) is 0 Å². The lowest BCUT2D eigenvalue weighted by Crippen LogP contribution is -2.04. The zero-order chi connectivity index (χ0) is 10.8. The van der Waals surface area contributed by atoms with Crippen LogP contribution in [0.3, 0.4) is 0 Å². The number of fused-ring (bicyclic) bond motifs is 1. The zero-order valence-corrected chi connectivity index (χ0v) is 10.2. The van der Waals surface area contributed by atoms with Gasteiger partial charge >= 0.3 is 0 Å². The Morgan fingerprint density at radius 3 is 2.93 bits per heavy atom. The minimum Gasteiger partial charge on any atom is -0.354 e. The lowest BCUT2D eigenvalue weighted by Gasteiger charge is -2.01. The van der Waals surface area contributed by atoms with Crippen molar-refractivity contribution in [1.29, 1.82) is 0 Å². The molecule has 0 aromatic carbocycles. The summed E-state index contributed by atoms with van der Waals surface area (Å²) in [6.45, 7) is 5.66. The van der Waals surface area contributed by atoms with Crippen LogP contribution in [0.15, 0.2) is 10.8 Å². The Hall–Kier alpha value is -1.17. The highest BCUT2D eigenvalue weighted by atomic mass is 79.9. The number of halogens is 1. The molecule has 0 saturated carbocycles. The summed E-state index contributed by atoms with van der Waals surface area (Å²) < 4.78 is 2.64. The van der Waals surface area contributed by atoms with Crippen molar-refractivity contribution in [2.24, 2.45) is 0 Å². The van der Waals surface area contributed by atoms with Gasteiger partial charge in [-0.25, -0.2) is 9.67 Å². The fourth-order valence-electron chi connectivity index (χ4n) is 1.39. The number of aromatic nitrogens is 4. The minimum atomic E-state index is 0.645. The number of nitrogens with one attached hydrogen (secondary N) is 1. The van der Waals surface area contributed by atoms with Gasteiger partial charge in [0.25, 0.3) is 0 Å². The van der Waals surface area contributed by atoms with E-state index in [-0.39, 0.29) is 0 Å². The highest BCUT2D eigenvalue weighted by Gasteiger charge is 2.09. The van der Waals surface area contributed by atoms with Gasteiger partial charge in [0.1, 0.15) is 4.60 Å². The molecule has 0 saturated heterocycles. The van der Waals surface area contributed by atoms with Crippen LogP contribution in [0.25, 0.3) is 11.0 Å². The maximum absolute atomic E-state index is 4.40. The maximum atomic E-state index is 4.40. The van der Waals surface area contributed by atoms with Gasteiger partial charge in [-0.05, 0) is 29.8 Å². The first-order valence-corrected chi connectivity index (χ1v) is 5.68. The molecule has 80 valence electrons. The summed E-state index contributed by atoms with van der Waals surface area (Å²) in [7, 11) is 0. The van der Waals surface area contributed by atoms with Crippen LogP contribution in [-0.2, 0) is 6.54 Å². The molecule has 0 bridgehead atoms. The monoisotopic (exact) mass is 269 g/mol. The second-order valence-corrected chi connectivity index (χ2v) is 3.82. The van der Waals surface area contributed by atoms with E-state index in [0.29, 0.717) is 5.95 Å². The van der Waals surface area contributed by atoms with Crippen LogP contribution >= 0.6 is 15.9 Å². The summed E-state index contributed by atoms with van der Waals surface area (Å²) in [5.41, 5.74) is 0.857. The highest BCUT2D eigenvalue weighted by molar-refractivity contribution is 9.10. The Bertz CT molecular complexity index is 479. The van der Waals surface area contributed by atoms with Crippen LogP contribution in [0.1, 0.15) is 13.8 Å². The molecule has 1 N–H and O–H groups in total. The van der Waals surface area contributed by atoms with E-state index in [0.717, 1.165) is 28.7 Å². The third kappa shape index (κ3) is 1.81. The lowest BCUT2D eigenvalue weighted by molar-refractivity contribution is 0.671. The van der Waals surface area contributed by atoms with Gasteiger partial charge < -0.3 is 5.32 Å². The van der Waals surface area contributed by atoms with Gasteiger partial charge in [-0.1, -0.05) is 0 Å². The predicted molar refractivity (Wildman–Crippen MR) is 62.9 cm³/mol. The van der Waals surface area contributed by atoms with Crippen molar-refractivity contribution in [2.45, 2.75) is 20.4 Å². The molecule has 0 radical (unpaired) electrons. The molecule has 0 fully saturated rings. The molecule has 2 aromatic rings. The van der Waals surface area contributed by atoms with Crippen LogP contribution in [0.4, 0.5) is 5.95 Å². The Labute approximate surface area is 96.0 Å². The van der Waals surface area contributed by atoms with Crippen molar-refractivity contribution >= 4 is 32.9 Å². The molecule has 0 unspecified atom stereocenters. The van der Waals surface area contributed by atoms with E-state index >= 15 is 0 Å². The average Bonchev–Trinajstić information content (AvgIpc) is 2.56. The second-order valence-electron chi connectivity index (χ2n) is 3.07. The largest absolute Gasteiger partial charge is 0.354 e. The Kier molecular flexibility index (Phi) is 2.86. The predicted octanol–water partition coefficient (Wildman–Crippen LogP) is 2.04. The number of nitrogens with zero attached hydrogens (tertiary/aromatic N) is 4. The van der Waals surface area contributed by atoms with E-state index in [1.54, 1.807) is 6.20 Å². The van der Waals surface area contributed by atoms with Crippen molar-refractivity contribution in [3.63, 3.8) is 0 Å². The van der Waals surface area contributed by atoms with Crippen LogP contribution in [0, 0.1) is 0 Å². The summed E-state index contributed by atoms with van der Waals surface area (Å²) in [5.74, 6) is 0.645. The number of aryl methyl sites for hydroxylation is 1. The van der Waals surface area contributed by atoms with Gasteiger partial charge in [-0.2, -0.15) is 10.1 Å². The highest BCUT2D eigenvalue weighted by Crippen LogP contribution is 2.21. The van der Waals surface area contributed by atoms with E-state index < -0.39 is 0 Å². The van der Waals surface area contributed by atoms with Gasteiger partial charge in [-0.3, -0.25) is 0 Å². The standard InChI is InChI=1S/C9H12BrN5/c1-3-11-9-12-5-6-7(10)14-15(4-2)8(6)13-9/h5H,3-4H2,1-2H3,(H,11,12,13). The molecule has 2 heterocycles. The fourth-order valence-corrected chi connectivity index (χ4v) is 1.86. The molecule has 2 aromatic heterocycles. The average molecular weight is 270 g/mol. The SMILES string of the molecule is CCNc1ncc2c(Br)nn(CC)c2n1. The normalized spacial score (nSPS) is 10.9. The molecule has 0 spiro atoms. The molecule has 0 aliphatic rings. The topological polar surface area (TPSA) is 55.6 Å². The third-order valence-corrected chi connectivity index (χ3v) is 2.66. The van der Waals surface area contributed by atoms with E-state index in [4.69, 9.17) is 0 Å². The molecule has 0 amide bonds. The zero-order valence-electron chi connectivity index (χ0n) is 8.66. The first-order valence-electron chi connectivity index (χ1n) is 4.89. The molecular weight excluding hydrogens is 258 g/mol. The number of anilines is 1. The summed E-state index contributed by atoms with van der Waals surface area (Å²) in [5, 5.41) is 8.34. The number of hydrogen-bond acceptors (Lipinski definition) is 4. The Morgan fingerprint density at radius 1 is 1.47 bits per heavy atom. The molecule has 15 heavy (non-hydrogen) atoms. The summed E-state index contributed by atoms with van der Waals surface area (Å²) in [6.07, 6.45) is 1.78. The molecule has 5 nitrogen and oxygen atoms in total. The van der Waals surface area contributed by atoms with Crippen molar-refractivity contribution in [3.05, 3.63) is 10.8 Å². The van der Waals surface area contributed by atoms with E-state index in [1.807, 2.05) is 18.5 Å². The van der Waals surface area contributed by atoms with Crippen molar-refractivity contribution in [2.75, 3.05) is 11.9 Å². The van der Waals surface area contributed by atoms with Crippen LogP contribution in [0.5, 0.6) is 0 Å². The van der Waals surface area contributed by atoms with Crippen LogP contribution in [0.2, 0.25) is 0 Å². The molecule has 0 aliphatic heterocycles. The molecular formula is C9H12BrN5. The van der Waals surface area contributed by atoms with Crippen LogP contribution in [-0.4, -0.2) is 26.3 Å². The smallest absolute Gasteiger partial charge is 0.224 e. The summed E-state index contributed by atoms with van der Waals surface area (Å²) in [4.78, 5) is 8.60. The number of rotatable bonds is 3. The second kappa shape index (κ2) is 4.14. The molecule has 0 atom stereocenters.